The highest BCUT2D eigenvalue weighted by Crippen LogP contribution is 2.39. The molecule has 0 unspecified atom stereocenters. The molecule has 1 fully saturated rings. The Morgan fingerprint density at radius 3 is 2.36 bits per heavy atom. The summed E-state index contributed by atoms with van der Waals surface area (Å²) in [6.45, 7) is 3.83. The molecule has 0 radical (unpaired) electrons. The molecule has 1 aromatic heterocycles. The lowest BCUT2D eigenvalue weighted by atomic mass is 10.0. The topological polar surface area (TPSA) is 90.6 Å². The van der Waals surface area contributed by atoms with Crippen LogP contribution in [0.5, 0.6) is 11.5 Å². The van der Waals surface area contributed by atoms with Gasteiger partial charge < -0.3 is 9.94 Å². The zero-order valence-corrected chi connectivity index (χ0v) is 17.6. The minimum Gasteiger partial charge on any atom is -0.619 e. The molecule has 0 bridgehead atoms. The molecule has 1 atom stereocenters. The van der Waals surface area contributed by atoms with Gasteiger partial charge >= 0.3 is 0 Å². The van der Waals surface area contributed by atoms with Gasteiger partial charge in [0, 0.05) is 29.2 Å². The Kier molecular flexibility index (Phi) is 5.90. The van der Waals surface area contributed by atoms with E-state index < -0.39 is 26.1 Å². The fourth-order valence-corrected chi connectivity index (χ4v) is 6.64. The summed E-state index contributed by atoms with van der Waals surface area (Å²) in [5.74, 6) is 1.44. The first-order chi connectivity index (χ1) is 13.1. The third kappa shape index (κ3) is 4.27. The Hall–Kier alpha value is -1.81. The minimum atomic E-state index is -3.91. The molecular weight excluding hydrogens is 424 g/mol. The van der Waals surface area contributed by atoms with Gasteiger partial charge in [-0.25, -0.2) is 8.42 Å². The highest BCUT2D eigenvalue weighted by atomic mass is 35.5. The first-order valence-corrected chi connectivity index (χ1v) is 11.2. The van der Waals surface area contributed by atoms with E-state index in [1.807, 2.05) is 13.8 Å². The molecule has 0 saturated carbocycles. The SMILES string of the molecule is CC1(C)SCCN(S(=O)(=O)c2ccc(Oc3cc[n+]([O-])cc3)cc2)[C@H]1C(=O)Cl. The van der Waals surface area contributed by atoms with E-state index in [4.69, 9.17) is 16.3 Å². The molecule has 1 saturated heterocycles. The van der Waals surface area contributed by atoms with E-state index in [-0.39, 0.29) is 11.4 Å². The van der Waals surface area contributed by atoms with Crippen LogP contribution < -0.4 is 9.47 Å². The number of nitrogens with zero attached hydrogens (tertiary/aromatic N) is 2. The number of rotatable bonds is 5. The van der Waals surface area contributed by atoms with E-state index in [1.54, 1.807) is 0 Å². The Morgan fingerprint density at radius 1 is 1.21 bits per heavy atom. The van der Waals surface area contributed by atoms with Gasteiger partial charge in [0.15, 0.2) is 12.4 Å². The highest BCUT2D eigenvalue weighted by Gasteiger charge is 2.47. The lowest BCUT2D eigenvalue weighted by Gasteiger charge is -2.42. The van der Waals surface area contributed by atoms with Crippen molar-refractivity contribution in [2.24, 2.45) is 0 Å². The molecule has 1 aliphatic rings. The van der Waals surface area contributed by atoms with Gasteiger partial charge in [-0.05, 0) is 49.7 Å². The predicted octanol–water partition coefficient (Wildman–Crippen LogP) is 2.76. The minimum absolute atomic E-state index is 0.0518. The van der Waals surface area contributed by atoms with Crippen LogP contribution in [0.25, 0.3) is 0 Å². The number of sulfonamides is 1. The van der Waals surface area contributed by atoms with E-state index in [1.165, 1.54) is 64.9 Å². The molecule has 28 heavy (non-hydrogen) atoms. The number of halogens is 1. The highest BCUT2D eigenvalue weighted by molar-refractivity contribution is 8.01. The van der Waals surface area contributed by atoms with Gasteiger partial charge in [0.2, 0.25) is 15.3 Å². The van der Waals surface area contributed by atoms with Crippen molar-refractivity contribution in [1.29, 1.82) is 0 Å². The third-order valence-corrected chi connectivity index (χ3v) is 7.82. The van der Waals surface area contributed by atoms with Gasteiger partial charge in [-0.1, -0.05) is 0 Å². The molecule has 7 nitrogen and oxygen atoms in total. The van der Waals surface area contributed by atoms with Gasteiger partial charge in [-0.15, -0.1) is 0 Å². The van der Waals surface area contributed by atoms with Crippen molar-refractivity contribution < 1.29 is 22.7 Å². The lowest BCUT2D eigenvalue weighted by molar-refractivity contribution is -0.605. The number of thioether (sulfide) groups is 1. The number of hydrogen-bond donors (Lipinski definition) is 0. The van der Waals surface area contributed by atoms with Crippen LogP contribution in [0.2, 0.25) is 0 Å². The van der Waals surface area contributed by atoms with Crippen molar-refractivity contribution >= 4 is 38.6 Å². The van der Waals surface area contributed by atoms with E-state index in [0.29, 0.717) is 22.0 Å². The molecule has 1 aromatic carbocycles. The number of pyridine rings is 1. The molecule has 10 heteroatoms. The largest absolute Gasteiger partial charge is 0.619 e. The average Bonchev–Trinajstić information content (AvgIpc) is 2.63. The first kappa shape index (κ1) is 20.9. The van der Waals surface area contributed by atoms with E-state index in [2.05, 4.69) is 0 Å². The zero-order chi connectivity index (χ0) is 20.5. The van der Waals surface area contributed by atoms with Crippen LogP contribution in [0.4, 0.5) is 0 Å². The van der Waals surface area contributed by atoms with Crippen molar-refractivity contribution in [3.63, 3.8) is 0 Å². The van der Waals surface area contributed by atoms with Crippen LogP contribution in [-0.2, 0) is 14.8 Å². The quantitative estimate of drug-likeness (QED) is 0.401. The van der Waals surface area contributed by atoms with Gasteiger partial charge in [-0.3, -0.25) is 4.79 Å². The number of benzene rings is 1. The number of hydrogen-bond acceptors (Lipinski definition) is 6. The summed E-state index contributed by atoms with van der Waals surface area (Å²) in [4.78, 5) is 12.0. The third-order valence-electron chi connectivity index (χ3n) is 4.38. The normalized spacial score (nSPS) is 19.9. The summed E-state index contributed by atoms with van der Waals surface area (Å²) >= 11 is 7.27. The van der Waals surface area contributed by atoms with Gasteiger partial charge in [0.25, 0.3) is 0 Å². The smallest absolute Gasteiger partial charge is 0.243 e. The number of carbonyl (C=O) groups is 1. The Bertz CT molecular complexity index is 962. The van der Waals surface area contributed by atoms with Crippen LogP contribution in [0.1, 0.15) is 13.8 Å². The maximum absolute atomic E-state index is 13.1. The Morgan fingerprint density at radius 2 is 1.79 bits per heavy atom. The van der Waals surface area contributed by atoms with Crippen molar-refractivity contribution in [2.45, 2.75) is 29.5 Å². The number of carbonyl (C=O) groups excluding carboxylic acids is 1. The number of ether oxygens (including phenoxy) is 1. The summed E-state index contributed by atoms with van der Waals surface area (Å²) in [5, 5.41) is 10.4. The second kappa shape index (κ2) is 7.90. The summed E-state index contributed by atoms with van der Waals surface area (Å²) in [5.41, 5.74) is 0. The summed E-state index contributed by atoms with van der Waals surface area (Å²) in [6, 6.07) is 7.94. The molecule has 0 aliphatic carbocycles. The molecular formula is C18H19ClN2O5S2. The van der Waals surface area contributed by atoms with Crippen LogP contribution in [0.3, 0.4) is 0 Å². The average molecular weight is 443 g/mol. The van der Waals surface area contributed by atoms with Gasteiger partial charge in [-0.2, -0.15) is 20.8 Å². The van der Waals surface area contributed by atoms with E-state index >= 15 is 0 Å². The van der Waals surface area contributed by atoms with Crippen molar-refractivity contribution in [3.05, 3.63) is 54.0 Å². The van der Waals surface area contributed by atoms with Crippen molar-refractivity contribution in [3.8, 4) is 11.5 Å². The molecule has 2 heterocycles. The molecule has 0 amide bonds. The molecule has 2 aromatic rings. The Balaban J connectivity index is 1.85. The van der Waals surface area contributed by atoms with Crippen LogP contribution in [-0.4, -0.2) is 41.1 Å². The van der Waals surface area contributed by atoms with Gasteiger partial charge in [0.05, 0.1) is 4.90 Å². The monoisotopic (exact) mass is 442 g/mol. The summed E-state index contributed by atoms with van der Waals surface area (Å²) in [6.07, 6.45) is 2.60. The number of aromatic nitrogens is 1. The summed E-state index contributed by atoms with van der Waals surface area (Å²) in [7, 11) is -3.91. The molecule has 1 aliphatic heterocycles. The van der Waals surface area contributed by atoms with Crippen LogP contribution in [0, 0.1) is 5.21 Å². The standard InChI is InChI=1S/C18H19ClN2O5S2/c1-18(2)16(17(19)22)21(11-12-27-18)28(24,25)15-5-3-13(4-6-15)26-14-7-9-20(23)10-8-14/h3-10,16H,11-12H2,1-2H3/t16-/m0/s1. The first-order valence-electron chi connectivity index (χ1n) is 8.43. The van der Waals surface area contributed by atoms with Crippen LogP contribution in [0.15, 0.2) is 53.7 Å². The van der Waals surface area contributed by atoms with Crippen LogP contribution >= 0.6 is 23.4 Å². The lowest BCUT2D eigenvalue weighted by Crippen LogP contribution is -2.57. The second-order valence-corrected chi connectivity index (χ2v) is 10.8. The van der Waals surface area contributed by atoms with E-state index in [0.717, 1.165) is 0 Å². The van der Waals surface area contributed by atoms with Gasteiger partial charge in [0.1, 0.15) is 17.5 Å². The Labute approximate surface area is 172 Å². The van der Waals surface area contributed by atoms with Crippen molar-refractivity contribution in [2.75, 3.05) is 12.3 Å². The second-order valence-electron chi connectivity index (χ2n) is 6.74. The molecule has 0 spiro atoms. The van der Waals surface area contributed by atoms with E-state index in [9.17, 15) is 18.4 Å². The predicted molar refractivity (Wildman–Crippen MR) is 107 cm³/mol. The molecule has 150 valence electrons. The maximum Gasteiger partial charge on any atom is 0.243 e. The maximum atomic E-state index is 13.1. The fraction of sp³-hybridized carbons (Fsp3) is 0.333. The van der Waals surface area contributed by atoms with Crippen molar-refractivity contribution in [1.82, 2.24) is 4.31 Å². The fourth-order valence-electron chi connectivity index (χ4n) is 3.02. The zero-order valence-electron chi connectivity index (χ0n) is 15.2. The summed E-state index contributed by atoms with van der Waals surface area (Å²) < 4.78 is 33.0. The molecule has 0 N–H and O–H groups in total. The molecule has 3 rings (SSSR count).